The van der Waals surface area contributed by atoms with Crippen LogP contribution >= 0.6 is 11.3 Å². The lowest BCUT2D eigenvalue weighted by atomic mass is 9.84. The van der Waals surface area contributed by atoms with E-state index in [1.54, 1.807) is 19.1 Å². The zero-order chi connectivity index (χ0) is 24.4. The van der Waals surface area contributed by atoms with Crippen LogP contribution in [0.2, 0.25) is 0 Å². The highest BCUT2D eigenvalue weighted by Crippen LogP contribution is 2.28. The molecule has 1 unspecified atom stereocenters. The van der Waals surface area contributed by atoms with Crippen LogP contribution in [0.1, 0.15) is 47.0 Å². The molecule has 2 rings (SSSR count). The average molecular weight is 477 g/mol. The Balaban J connectivity index is 1.90. The molecule has 1 N–H and O–H groups in total. The second kappa shape index (κ2) is 12.6. The molecule has 1 aromatic carbocycles. The first kappa shape index (κ1) is 26.7. The molecule has 0 bridgehead atoms. The van der Waals surface area contributed by atoms with Crippen LogP contribution < -0.4 is 10.1 Å². The molecule has 33 heavy (non-hydrogen) atoms. The van der Waals surface area contributed by atoms with Gasteiger partial charge in [0.25, 0.3) is 0 Å². The molecule has 0 aliphatic heterocycles. The largest absolute Gasteiger partial charge is 0.497 e. The van der Waals surface area contributed by atoms with Gasteiger partial charge in [-0.3, -0.25) is 9.59 Å². The van der Waals surface area contributed by atoms with Gasteiger partial charge in [0.2, 0.25) is 16.9 Å². The number of nitrogens with zero attached hydrogens (tertiary/aromatic N) is 3. The third kappa shape index (κ3) is 9.47. The van der Waals surface area contributed by atoms with Gasteiger partial charge in [0, 0.05) is 38.6 Å². The maximum atomic E-state index is 12.8. The van der Waals surface area contributed by atoms with Crippen molar-refractivity contribution in [2.75, 3.05) is 39.2 Å². The van der Waals surface area contributed by atoms with Crippen molar-refractivity contribution in [2.45, 2.75) is 47.0 Å². The molecule has 9 heteroatoms. The van der Waals surface area contributed by atoms with Gasteiger partial charge in [-0.1, -0.05) is 39.0 Å². The van der Waals surface area contributed by atoms with E-state index >= 15 is 0 Å². The SMILES string of the molecule is COCCN(CCC(=O)Nc1nnc(-c2ccc(OC)cc2)s1)C(=O)CC(C)CC(C)(C)C. The molecule has 0 aliphatic rings. The molecule has 2 aromatic rings. The third-order valence-corrected chi connectivity index (χ3v) is 5.91. The molecule has 8 nitrogen and oxygen atoms in total. The van der Waals surface area contributed by atoms with Crippen LogP contribution in [0.5, 0.6) is 5.75 Å². The maximum Gasteiger partial charge on any atom is 0.227 e. The van der Waals surface area contributed by atoms with E-state index in [0.29, 0.717) is 36.3 Å². The summed E-state index contributed by atoms with van der Waals surface area (Å²) in [5.41, 5.74) is 1.07. The van der Waals surface area contributed by atoms with Crippen molar-refractivity contribution in [3.63, 3.8) is 0 Å². The van der Waals surface area contributed by atoms with Gasteiger partial charge in [-0.15, -0.1) is 10.2 Å². The summed E-state index contributed by atoms with van der Waals surface area (Å²) in [6.45, 7) is 9.85. The Bertz CT molecular complexity index is 893. The second-order valence-corrected chi connectivity index (χ2v) is 10.4. The van der Waals surface area contributed by atoms with Crippen LogP contribution in [0.15, 0.2) is 24.3 Å². The monoisotopic (exact) mass is 476 g/mol. The predicted octanol–water partition coefficient (Wildman–Crippen LogP) is 4.48. The highest BCUT2D eigenvalue weighted by molar-refractivity contribution is 7.18. The van der Waals surface area contributed by atoms with Gasteiger partial charge >= 0.3 is 0 Å². The zero-order valence-electron chi connectivity index (χ0n) is 20.5. The summed E-state index contributed by atoms with van der Waals surface area (Å²) < 4.78 is 10.3. The smallest absolute Gasteiger partial charge is 0.227 e. The molecule has 2 amide bonds. The number of hydrogen-bond donors (Lipinski definition) is 1. The fourth-order valence-electron chi connectivity index (χ4n) is 3.65. The third-order valence-electron chi connectivity index (χ3n) is 5.02. The van der Waals surface area contributed by atoms with Gasteiger partial charge in [0.05, 0.1) is 13.7 Å². The molecule has 1 atom stereocenters. The van der Waals surface area contributed by atoms with Crippen molar-refractivity contribution in [2.24, 2.45) is 11.3 Å². The van der Waals surface area contributed by atoms with Crippen LogP contribution in [0, 0.1) is 11.3 Å². The lowest BCUT2D eigenvalue weighted by Gasteiger charge is -2.27. The van der Waals surface area contributed by atoms with Crippen molar-refractivity contribution in [3.8, 4) is 16.3 Å². The quantitative estimate of drug-likeness (QED) is 0.485. The molecule has 0 spiro atoms. The molecular weight excluding hydrogens is 440 g/mol. The number of nitrogens with one attached hydrogen (secondary N) is 1. The van der Waals surface area contributed by atoms with E-state index in [2.05, 4.69) is 43.2 Å². The van der Waals surface area contributed by atoms with Crippen LogP contribution in [0.4, 0.5) is 5.13 Å². The fraction of sp³-hybridized carbons (Fsp3) is 0.583. The number of carbonyl (C=O) groups is 2. The topological polar surface area (TPSA) is 93.7 Å². The van der Waals surface area contributed by atoms with E-state index in [9.17, 15) is 9.59 Å². The molecule has 1 heterocycles. The van der Waals surface area contributed by atoms with Crippen LogP contribution in [-0.4, -0.2) is 60.8 Å². The van der Waals surface area contributed by atoms with Crippen molar-refractivity contribution in [1.82, 2.24) is 15.1 Å². The summed E-state index contributed by atoms with van der Waals surface area (Å²) >= 11 is 1.30. The molecule has 0 radical (unpaired) electrons. The van der Waals surface area contributed by atoms with Gasteiger partial charge in [0.15, 0.2) is 0 Å². The maximum absolute atomic E-state index is 12.8. The Morgan fingerprint density at radius 1 is 1.12 bits per heavy atom. The number of benzene rings is 1. The number of hydrogen-bond acceptors (Lipinski definition) is 7. The lowest BCUT2D eigenvalue weighted by molar-refractivity contribution is -0.133. The molecule has 0 saturated heterocycles. The lowest BCUT2D eigenvalue weighted by Crippen LogP contribution is -2.37. The van der Waals surface area contributed by atoms with E-state index in [0.717, 1.165) is 17.7 Å². The fourth-order valence-corrected chi connectivity index (χ4v) is 4.41. The van der Waals surface area contributed by atoms with Gasteiger partial charge < -0.3 is 19.7 Å². The first-order chi connectivity index (χ1) is 15.6. The summed E-state index contributed by atoms with van der Waals surface area (Å²) in [6.07, 6.45) is 1.61. The first-order valence-electron chi connectivity index (χ1n) is 11.2. The van der Waals surface area contributed by atoms with E-state index in [1.165, 1.54) is 11.3 Å². The highest BCUT2D eigenvalue weighted by atomic mass is 32.1. The van der Waals surface area contributed by atoms with Crippen LogP contribution in [0.25, 0.3) is 10.6 Å². The Morgan fingerprint density at radius 2 is 1.82 bits per heavy atom. The Labute approximate surface area is 200 Å². The van der Waals surface area contributed by atoms with E-state index < -0.39 is 0 Å². The van der Waals surface area contributed by atoms with Crippen LogP contribution in [0.3, 0.4) is 0 Å². The minimum absolute atomic E-state index is 0.0503. The Morgan fingerprint density at radius 3 is 2.42 bits per heavy atom. The Hall–Kier alpha value is -2.52. The van der Waals surface area contributed by atoms with Gasteiger partial charge in [-0.05, 0) is 42.0 Å². The van der Waals surface area contributed by atoms with Gasteiger partial charge in [0.1, 0.15) is 10.8 Å². The van der Waals surface area contributed by atoms with Gasteiger partial charge in [-0.2, -0.15) is 0 Å². The molecule has 0 saturated carbocycles. The highest BCUT2D eigenvalue weighted by Gasteiger charge is 2.21. The van der Waals surface area contributed by atoms with Crippen molar-refractivity contribution in [1.29, 1.82) is 0 Å². The number of ether oxygens (including phenoxy) is 2. The summed E-state index contributed by atoms with van der Waals surface area (Å²) in [6, 6.07) is 7.49. The normalized spacial score (nSPS) is 12.3. The van der Waals surface area contributed by atoms with Gasteiger partial charge in [-0.25, -0.2) is 0 Å². The second-order valence-electron chi connectivity index (χ2n) is 9.39. The summed E-state index contributed by atoms with van der Waals surface area (Å²) in [5.74, 6) is 0.881. The minimum Gasteiger partial charge on any atom is -0.497 e. The number of carbonyl (C=O) groups excluding carboxylic acids is 2. The van der Waals surface area contributed by atoms with E-state index in [4.69, 9.17) is 9.47 Å². The zero-order valence-corrected chi connectivity index (χ0v) is 21.3. The molecule has 0 aliphatic carbocycles. The van der Waals surface area contributed by atoms with Crippen molar-refractivity contribution >= 4 is 28.3 Å². The number of anilines is 1. The number of aromatic nitrogens is 2. The summed E-state index contributed by atoms with van der Waals surface area (Å²) in [5, 5.41) is 12.1. The average Bonchev–Trinajstić information content (AvgIpc) is 3.20. The number of methoxy groups -OCH3 is 2. The van der Waals surface area contributed by atoms with E-state index in [1.807, 2.05) is 24.3 Å². The van der Waals surface area contributed by atoms with E-state index in [-0.39, 0.29) is 29.6 Å². The Kier molecular flexibility index (Phi) is 10.2. The standard InChI is InChI=1S/C24H36N4O4S/c1-17(16-24(2,3)4)15-21(30)28(13-14-31-5)12-11-20(29)25-23-27-26-22(33-23)18-7-9-19(32-6)10-8-18/h7-10,17H,11-16H2,1-6H3,(H,25,27,29). The van der Waals surface area contributed by atoms with Crippen molar-refractivity contribution in [3.05, 3.63) is 24.3 Å². The number of rotatable bonds is 12. The van der Waals surface area contributed by atoms with Crippen LogP contribution in [-0.2, 0) is 14.3 Å². The molecule has 1 aromatic heterocycles. The first-order valence-corrected chi connectivity index (χ1v) is 12.0. The summed E-state index contributed by atoms with van der Waals surface area (Å²) in [7, 11) is 3.22. The number of amides is 2. The van der Waals surface area contributed by atoms with Crippen molar-refractivity contribution < 1.29 is 19.1 Å². The molecule has 0 fully saturated rings. The summed E-state index contributed by atoms with van der Waals surface area (Å²) in [4.78, 5) is 27.0. The molecular formula is C24H36N4O4S. The predicted molar refractivity (Wildman–Crippen MR) is 131 cm³/mol. The minimum atomic E-state index is -0.203. The molecule has 182 valence electrons.